The Morgan fingerprint density at radius 3 is 2.87 bits per heavy atom. The molecule has 2 aliphatic heterocycles. The van der Waals surface area contributed by atoms with Crippen molar-refractivity contribution in [3.05, 3.63) is 45.3 Å². The maximum Gasteiger partial charge on any atom is 0.262 e. The first-order valence-electron chi connectivity index (χ1n) is 9.90. The number of hydrogen-bond donors (Lipinski definition) is 2. The Morgan fingerprint density at radius 2 is 2.10 bits per heavy atom. The zero-order chi connectivity index (χ0) is 21.3. The van der Waals surface area contributed by atoms with Crippen LogP contribution in [0.4, 0.5) is 11.6 Å². The van der Waals surface area contributed by atoms with E-state index in [2.05, 4.69) is 27.2 Å². The maximum atomic E-state index is 12.9. The third-order valence-electron chi connectivity index (χ3n) is 5.33. The van der Waals surface area contributed by atoms with E-state index in [0.717, 1.165) is 25.9 Å². The van der Waals surface area contributed by atoms with Crippen molar-refractivity contribution in [2.45, 2.75) is 26.2 Å². The van der Waals surface area contributed by atoms with Crippen molar-refractivity contribution in [2.75, 3.05) is 30.4 Å². The second kappa shape index (κ2) is 8.10. The zero-order valence-electron chi connectivity index (χ0n) is 16.9. The van der Waals surface area contributed by atoms with Crippen LogP contribution in [0.5, 0.6) is 5.75 Å². The highest BCUT2D eigenvalue weighted by molar-refractivity contribution is 6.23. The van der Waals surface area contributed by atoms with Crippen molar-refractivity contribution in [1.29, 1.82) is 0 Å². The van der Waals surface area contributed by atoms with Gasteiger partial charge >= 0.3 is 0 Å². The number of piperidine rings is 1. The van der Waals surface area contributed by atoms with Gasteiger partial charge in [0.05, 0.1) is 24.4 Å². The molecule has 2 N–H and O–H groups in total. The monoisotopic (exact) mass is 409 g/mol. The molecule has 0 spiro atoms. The fourth-order valence-electron chi connectivity index (χ4n) is 3.87. The Labute approximate surface area is 172 Å². The Balaban J connectivity index is 1.77. The van der Waals surface area contributed by atoms with Gasteiger partial charge in [-0.15, -0.1) is 0 Å². The average molecular weight is 409 g/mol. The lowest BCUT2D eigenvalue weighted by molar-refractivity contribution is -0.118. The van der Waals surface area contributed by atoms with Crippen molar-refractivity contribution in [1.82, 2.24) is 9.97 Å². The summed E-state index contributed by atoms with van der Waals surface area (Å²) in [6, 6.07) is 6.90. The molecule has 2 aliphatic rings. The molecule has 0 aliphatic carbocycles. The van der Waals surface area contributed by atoms with E-state index in [4.69, 9.17) is 4.74 Å². The normalized spacial score (nSPS) is 18.5. The van der Waals surface area contributed by atoms with Gasteiger partial charge in [0, 0.05) is 18.7 Å². The van der Waals surface area contributed by atoms with Gasteiger partial charge in [-0.25, -0.2) is 0 Å². The van der Waals surface area contributed by atoms with E-state index in [0.29, 0.717) is 23.3 Å². The standard InChI is InChI=1S/C21H23N5O4/c1-12-6-5-9-26(11-12)21-24-18-17(20(29)25-21)13(10-16(27)23-18)19(28)22-14-7-3-4-8-15(14)30-2/h3-4,7-8,12H,5-6,9-11H2,1-2H3,(H,22,28)(H,23,24,25,27,29). The molecule has 1 aromatic carbocycles. The Morgan fingerprint density at radius 1 is 1.30 bits per heavy atom. The first kappa shape index (κ1) is 19.8. The molecule has 30 heavy (non-hydrogen) atoms. The van der Waals surface area contributed by atoms with Crippen LogP contribution in [0.2, 0.25) is 0 Å². The van der Waals surface area contributed by atoms with E-state index in [1.165, 1.54) is 7.11 Å². The molecular weight excluding hydrogens is 386 g/mol. The SMILES string of the molecule is COc1ccccc1NC(=O)C1=c2c(nc(N3CCCC(C)C3)[nH]c2=O)=NC(=O)C1. The number of amides is 2. The highest BCUT2D eigenvalue weighted by Crippen LogP contribution is 2.24. The molecule has 9 heteroatoms. The molecule has 156 valence electrons. The van der Waals surface area contributed by atoms with Gasteiger partial charge in [0.1, 0.15) is 5.75 Å². The third kappa shape index (κ3) is 3.83. The fourth-order valence-corrected chi connectivity index (χ4v) is 3.87. The molecule has 4 rings (SSSR count). The Kier molecular flexibility index (Phi) is 5.35. The van der Waals surface area contributed by atoms with Gasteiger partial charge < -0.3 is 15.0 Å². The lowest BCUT2D eigenvalue weighted by Crippen LogP contribution is -2.51. The number of nitrogens with zero attached hydrogens (tertiary/aromatic N) is 3. The Bertz CT molecular complexity index is 1190. The molecule has 0 radical (unpaired) electrons. The van der Waals surface area contributed by atoms with Crippen molar-refractivity contribution in [3.8, 4) is 5.75 Å². The molecule has 1 saturated heterocycles. The summed E-state index contributed by atoms with van der Waals surface area (Å²) in [7, 11) is 1.49. The number of H-pyrrole nitrogens is 1. The van der Waals surface area contributed by atoms with Crippen molar-refractivity contribution in [3.63, 3.8) is 0 Å². The number of nitrogens with one attached hydrogen (secondary N) is 2. The average Bonchev–Trinajstić information content (AvgIpc) is 2.73. The lowest BCUT2D eigenvalue weighted by atomic mass is 10.0. The number of hydrogen-bond acceptors (Lipinski definition) is 6. The van der Waals surface area contributed by atoms with Crippen LogP contribution in [0.1, 0.15) is 26.2 Å². The van der Waals surface area contributed by atoms with Crippen LogP contribution < -0.4 is 31.2 Å². The summed E-state index contributed by atoms with van der Waals surface area (Å²) >= 11 is 0. The molecule has 9 nitrogen and oxygen atoms in total. The van der Waals surface area contributed by atoms with Gasteiger partial charge in [-0.05, 0) is 30.9 Å². The summed E-state index contributed by atoms with van der Waals surface area (Å²) < 4.78 is 5.24. The number of ether oxygens (including phenoxy) is 1. The zero-order valence-corrected chi connectivity index (χ0v) is 16.9. The molecule has 1 unspecified atom stereocenters. The summed E-state index contributed by atoms with van der Waals surface area (Å²) in [6.45, 7) is 3.68. The highest BCUT2D eigenvalue weighted by atomic mass is 16.5. The van der Waals surface area contributed by atoms with Gasteiger partial charge in [-0.3, -0.25) is 19.4 Å². The van der Waals surface area contributed by atoms with Gasteiger partial charge in [0.25, 0.3) is 17.4 Å². The molecule has 1 fully saturated rings. The summed E-state index contributed by atoms with van der Waals surface area (Å²) in [5, 5.41) is 2.76. The summed E-state index contributed by atoms with van der Waals surface area (Å²) in [4.78, 5) is 51.1. The minimum absolute atomic E-state index is 0.00611. The van der Waals surface area contributed by atoms with Crippen LogP contribution in [-0.4, -0.2) is 42.0 Å². The van der Waals surface area contributed by atoms with E-state index >= 15 is 0 Å². The molecular formula is C21H23N5O4. The van der Waals surface area contributed by atoms with Crippen molar-refractivity contribution in [2.24, 2.45) is 10.9 Å². The Hall–Kier alpha value is -3.49. The number of aromatic amines is 1. The molecule has 1 aromatic heterocycles. The quantitative estimate of drug-likeness (QED) is 0.753. The predicted molar refractivity (Wildman–Crippen MR) is 111 cm³/mol. The number of anilines is 2. The number of rotatable bonds is 4. The minimum Gasteiger partial charge on any atom is -0.495 e. The van der Waals surface area contributed by atoms with Gasteiger partial charge in [-0.2, -0.15) is 9.98 Å². The van der Waals surface area contributed by atoms with Gasteiger partial charge in [-0.1, -0.05) is 19.1 Å². The second-order valence-electron chi connectivity index (χ2n) is 7.60. The van der Waals surface area contributed by atoms with Crippen LogP contribution in [0.3, 0.4) is 0 Å². The summed E-state index contributed by atoms with van der Waals surface area (Å²) in [5.74, 6) is 0.264. The predicted octanol–water partition coefficient (Wildman–Crippen LogP) is 0.354. The first-order chi connectivity index (χ1) is 14.5. The van der Waals surface area contributed by atoms with Crippen LogP contribution in [0, 0.1) is 5.92 Å². The number of aromatic nitrogens is 2. The van der Waals surface area contributed by atoms with E-state index in [-0.39, 0.29) is 22.7 Å². The summed E-state index contributed by atoms with van der Waals surface area (Å²) in [6.07, 6.45) is 1.85. The molecule has 2 amide bonds. The van der Waals surface area contributed by atoms with E-state index < -0.39 is 17.4 Å². The molecule has 3 heterocycles. The topological polar surface area (TPSA) is 117 Å². The molecule has 1 atom stereocenters. The molecule has 2 aromatic rings. The number of para-hydroxylation sites is 2. The van der Waals surface area contributed by atoms with Crippen LogP contribution in [-0.2, 0) is 9.59 Å². The number of methoxy groups -OCH3 is 1. The number of carbonyl (C=O) groups excluding carboxylic acids is 2. The van der Waals surface area contributed by atoms with E-state index in [1.54, 1.807) is 24.3 Å². The largest absolute Gasteiger partial charge is 0.495 e. The second-order valence-corrected chi connectivity index (χ2v) is 7.60. The van der Waals surface area contributed by atoms with Crippen LogP contribution >= 0.6 is 0 Å². The molecule has 0 saturated carbocycles. The number of benzene rings is 1. The van der Waals surface area contributed by atoms with Crippen molar-refractivity contribution >= 4 is 29.0 Å². The first-order valence-corrected chi connectivity index (χ1v) is 9.90. The number of carbonyl (C=O) groups is 2. The summed E-state index contributed by atoms with van der Waals surface area (Å²) in [5.41, 5.74) is 0.00333. The highest BCUT2D eigenvalue weighted by Gasteiger charge is 2.25. The number of fused-ring (bicyclic) bond motifs is 1. The van der Waals surface area contributed by atoms with Gasteiger partial charge in [0.2, 0.25) is 5.95 Å². The van der Waals surface area contributed by atoms with Crippen LogP contribution in [0.15, 0.2) is 34.1 Å². The lowest BCUT2D eigenvalue weighted by Gasteiger charge is -2.31. The fraction of sp³-hybridized carbons (Fsp3) is 0.381. The maximum absolute atomic E-state index is 12.9. The van der Waals surface area contributed by atoms with E-state index in [1.807, 2.05) is 4.90 Å². The van der Waals surface area contributed by atoms with Crippen LogP contribution in [0.25, 0.3) is 5.57 Å². The smallest absolute Gasteiger partial charge is 0.262 e. The van der Waals surface area contributed by atoms with Crippen molar-refractivity contribution < 1.29 is 14.3 Å². The van der Waals surface area contributed by atoms with Gasteiger partial charge in [0.15, 0.2) is 5.49 Å². The minimum atomic E-state index is -0.560. The van der Waals surface area contributed by atoms with E-state index in [9.17, 15) is 14.4 Å². The third-order valence-corrected chi connectivity index (χ3v) is 5.33. The molecule has 0 bridgehead atoms.